The molecule has 33 heavy (non-hydrogen) atoms. The van der Waals surface area contributed by atoms with Crippen molar-refractivity contribution < 1.29 is 15.0 Å². The highest BCUT2D eigenvalue weighted by Gasteiger charge is 2.69. The number of aliphatic hydroxyl groups is 1. The quantitative estimate of drug-likeness (QED) is 0.409. The van der Waals surface area contributed by atoms with Gasteiger partial charge in [0.1, 0.15) is 0 Å². The van der Waals surface area contributed by atoms with Crippen molar-refractivity contribution in [3.05, 3.63) is 11.6 Å². The Morgan fingerprint density at radius 1 is 0.879 bits per heavy atom. The molecule has 5 aliphatic carbocycles. The summed E-state index contributed by atoms with van der Waals surface area (Å²) in [5.41, 5.74) is 1.68. The summed E-state index contributed by atoms with van der Waals surface area (Å²) >= 11 is 0. The lowest BCUT2D eigenvalue weighted by Crippen LogP contribution is -2.65. The van der Waals surface area contributed by atoms with Gasteiger partial charge in [0.25, 0.3) is 0 Å². The van der Waals surface area contributed by atoms with E-state index in [-0.39, 0.29) is 39.1 Å². The summed E-state index contributed by atoms with van der Waals surface area (Å²) in [5, 5.41) is 21.4. The zero-order valence-electron chi connectivity index (χ0n) is 22.3. The Bertz CT molecular complexity index is 885. The van der Waals surface area contributed by atoms with Crippen LogP contribution in [0.15, 0.2) is 11.6 Å². The van der Waals surface area contributed by atoms with E-state index >= 15 is 0 Å². The summed E-state index contributed by atoms with van der Waals surface area (Å²) in [4.78, 5) is 12.8. The van der Waals surface area contributed by atoms with Crippen LogP contribution in [0.3, 0.4) is 0 Å². The lowest BCUT2D eigenvalue weighted by molar-refractivity contribution is -0.205. The molecule has 3 heteroatoms. The van der Waals surface area contributed by atoms with E-state index in [0.29, 0.717) is 11.8 Å². The summed E-state index contributed by atoms with van der Waals surface area (Å²) < 4.78 is 0. The minimum absolute atomic E-state index is 0.0301. The Hall–Kier alpha value is -0.830. The van der Waals surface area contributed by atoms with Crippen molar-refractivity contribution in [1.29, 1.82) is 0 Å². The van der Waals surface area contributed by atoms with Gasteiger partial charge in [-0.3, -0.25) is 4.79 Å². The maximum Gasteiger partial charge on any atom is 0.310 e. The number of aliphatic hydroxyl groups excluding tert-OH is 1. The van der Waals surface area contributed by atoms with Crippen LogP contribution in [-0.2, 0) is 4.79 Å². The van der Waals surface area contributed by atoms with Crippen LogP contribution in [0.5, 0.6) is 0 Å². The zero-order valence-corrected chi connectivity index (χ0v) is 22.3. The Kier molecular flexibility index (Phi) is 4.99. The van der Waals surface area contributed by atoms with Crippen LogP contribution < -0.4 is 0 Å². The molecule has 4 saturated carbocycles. The molecule has 0 unspecified atom stereocenters. The molecular weight excluding hydrogens is 408 g/mol. The van der Waals surface area contributed by atoms with Crippen molar-refractivity contribution in [2.24, 2.45) is 50.2 Å². The molecule has 0 aliphatic heterocycles. The molecular formula is C30H48O3. The molecule has 5 rings (SSSR count). The van der Waals surface area contributed by atoms with Crippen LogP contribution in [0.4, 0.5) is 0 Å². The molecule has 0 bridgehead atoms. The number of carboxylic acids is 1. The van der Waals surface area contributed by atoms with Crippen LogP contribution in [-0.4, -0.2) is 22.3 Å². The highest BCUT2D eigenvalue weighted by atomic mass is 16.4. The summed E-state index contributed by atoms with van der Waals surface area (Å²) in [6, 6.07) is 0. The van der Waals surface area contributed by atoms with Crippen LogP contribution in [0.25, 0.3) is 0 Å². The Balaban J connectivity index is 1.60. The van der Waals surface area contributed by atoms with Crippen molar-refractivity contribution in [3.8, 4) is 0 Å². The van der Waals surface area contributed by atoms with Gasteiger partial charge < -0.3 is 10.2 Å². The van der Waals surface area contributed by atoms with Crippen molar-refractivity contribution in [1.82, 2.24) is 0 Å². The molecule has 0 aromatic rings. The van der Waals surface area contributed by atoms with Crippen LogP contribution in [0.1, 0.15) is 113 Å². The van der Waals surface area contributed by atoms with E-state index in [1.165, 1.54) is 18.4 Å². The van der Waals surface area contributed by atoms with E-state index in [9.17, 15) is 15.0 Å². The lowest BCUT2D eigenvalue weighted by Gasteiger charge is -2.71. The van der Waals surface area contributed by atoms with E-state index in [1.807, 2.05) is 0 Å². The highest BCUT2D eigenvalue weighted by molar-refractivity contribution is 5.76. The standard InChI is InChI=1S/C30H48O3/c1-25(2)14-16-30(24(32)33)17-15-28(6)19(20(30)18-25)8-9-22-27(5)12-11-23(31)26(3,4)21(27)10-13-29(22,28)7/h8,20-23,31H,9-18H2,1-7H3,(H,32,33)/t20-,21-,22-,23-,27+,28-,29-,30+/m1/s1. The van der Waals surface area contributed by atoms with Gasteiger partial charge in [-0.25, -0.2) is 0 Å². The van der Waals surface area contributed by atoms with Gasteiger partial charge >= 0.3 is 5.97 Å². The van der Waals surface area contributed by atoms with E-state index in [1.54, 1.807) is 0 Å². The summed E-state index contributed by atoms with van der Waals surface area (Å²) in [6.45, 7) is 16.9. The normalized spacial score (nSPS) is 52.4. The molecule has 5 aliphatic rings. The molecule has 0 aromatic carbocycles. The third kappa shape index (κ3) is 2.87. The second-order valence-electron chi connectivity index (χ2n) is 15.1. The fourth-order valence-electron chi connectivity index (χ4n) is 10.6. The predicted molar refractivity (Wildman–Crippen MR) is 133 cm³/mol. The highest BCUT2D eigenvalue weighted by Crippen LogP contribution is 2.75. The first-order valence-electron chi connectivity index (χ1n) is 13.8. The smallest absolute Gasteiger partial charge is 0.310 e. The van der Waals surface area contributed by atoms with Gasteiger partial charge in [-0.2, -0.15) is 0 Å². The molecule has 0 saturated heterocycles. The van der Waals surface area contributed by atoms with Crippen molar-refractivity contribution in [2.45, 2.75) is 119 Å². The Morgan fingerprint density at radius 3 is 2.21 bits per heavy atom. The first-order valence-corrected chi connectivity index (χ1v) is 13.8. The monoisotopic (exact) mass is 456 g/mol. The molecule has 0 radical (unpaired) electrons. The molecule has 3 nitrogen and oxygen atoms in total. The number of fused-ring (bicyclic) bond motifs is 7. The summed E-state index contributed by atoms with van der Waals surface area (Å²) in [6.07, 6.45) is 12.6. The number of hydrogen-bond donors (Lipinski definition) is 2. The van der Waals surface area contributed by atoms with Crippen molar-refractivity contribution in [2.75, 3.05) is 0 Å². The predicted octanol–water partition coefficient (Wildman–Crippen LogP) is 7.23. The van der Waals surface area contributed by atoms with E-state index in [2.05, 4.69) is 54.5 Å². The Morgan fingerprint density at radius 2 is 1.55 bits per heavy atom. The number of hydrogen-bond acceptors (Lipinski definition) is 2. The van der Waals surface area contributed by atoms with Crippen LogP contribution >= 0.6 is 0 Å². The fourth-order valence-corrected chi connectivity index (χ4v) is 10.6. The van der Waals surface area contributed by atoms with Crippen LogP contribution in [0.2, 0.25) is 0 Å². The second-order valence-corrected chi connectivity index (χ2v) is 15.1. The number of allylic oxidation sites excluding steroid dienone is 2. The molecule has 186 valence electrons. The number of carbonyl (C=O) groups is 1. The van der Waals surface area contributed by atoms with Crippen LogP contribution in [0, 0.1) is 50.2 Å². The van der Waals surface area contributed by atoms with Gasteiger partial charge in [-0.15, -0.1) is 0 Å². The van der Waals surface area contributed by atoms with Gasteiger partial charge in [0, 0.05) is 0 Å². The average Bonchev–Trinajstić information content (AvgIpc) is 2.71. The topological polar surface area (TPSA) is 57.5 Å². The van der Waals surface area contributed by atoms with Gasteiger partial charge in [0.15, 0.2) is 0 Å². The van der Waals surface area contributed by atoms with Gasteiger partial charge in [0.2, 0.25) is 0 Å². The summed E-state index contributed by atoms with van der Waals surface area (Å²) in [7, 11) is 0. The molecule has 0 amide bonds. The van der Waals surface area contributed by atoms with Gasteiger partial charge in [0.05, 0.1) is 11.5 Å². The SMILES string of the molecule is CC1(C)CC[C@]2(C(=O)O)CC[C@]3(C)C(=CC[C@@H]4[C@@]5(C)CC[C@@H](O)C(C)(C)[C@H]5CC[C@]43C)[C@H]2C1. The molecule has 2 N–H and O–H groups in total. The third-order valence-electron chi connectivity index (χ3n) is 13.0. The van der Waals surface area contributed by atoms with Crippen molar-refractivity contribution in [3.63, 3.8) is 0 Å². The minimum atomic E-state index is -0.553. The maximum atomic E-state index is 12.8. The van der Waals surface area contributed by atoms with E-state index in [4.69, 9.17) is 0 Å². The molecule has 4 fully saturated rings. The van der Waals surface area contributed by atoms with E-state index < -0.39 is 11.4 Å². The lowest BCUT2D eigenvalue weighted by atomic mass is 9.33. The average molecular weight is 457 g/mol. The van der Waals surface area contributed by atoms with Gasteiger partial charge in [-0.05, 0) is 109 Å². The van der Waals surface area contributed by atoms with Gasteiger partial charge in [-0.1, -0.05) is 60.1 Å². The Labute approximate surface area is 201 Å². The maximum absolute atomic E-state index is 12.8. The zero-order chi connectivity index (χ0) is 24.2. The molecule has 0 spiro atoms. The minimum Gasteiger partial charge on any atom is -0.481 e. The molecule has 0 aromatic heterocycles. The third-order valence-corrected chi connectivity index (χ3v) is 13.0. The number of carboxylic acid groups (broad SMARTS) is 1. The summed E-state index contributed by atoms with van der Waals surface area (Å²) in [5.74, 6) is 0.807. The van der Waals surface area contributed by atoms with Crippen molar-refractivity contribution >= 4 is 5.97 Å². The number of aliphatic carboxylic acids is 1. The second kappa shape index (κ2) is 6.89. The largest absolute Gasteiger partial charge is 0.481 e. The first-order chi connectivity index (χ1) is 15.1. The number of rotatable bonds is 1. The van der Waals surface area contributed by atoms with E-state index in [0.717, 1.165) is 51.4 Å². The first kappa shape index (κ1) is 23.9. The molecule has 0 heterocycles. The fraction of sp³-hybridized carbons (Fsp3) is 0.900. The molecule has 8 atom stereocenters.